The van der Waals surface area contributed by atoms with Crippen molar-refractivity contribution in [3.63, 3.8) is 0 Å². The first-order chi connectivity index (χ1) is 10.4. The summed E-state index contributed by atoms with van der Waals surface area (Å²) in [7, 11) is 5.29. The SMILES string of the molecule is [B]C(=O)N1CCN(c2cc3c(cc2F)C(=O)C(=O)N3)CC1C. The van der Waals surface area contributed by atoms with Crippen LogP contribution < -0.4 is 10.2 Å². The van der Waals surface area contributed by atoms with Gasteiger partial charge in [-0.25, -0.2) is 4.39 Å². The summed E-state index contributed by atoms with van der Waals surface area (Å²) >= 11 is 0. The van der Waals surface area contributed by atoms with Gasteiger partial charge in [0, 0.05) is 25.7 Å². The van der Waals surface area contributed by atoms with Gasteiger partial charge in [-0.05, 0) is 19.1 Å². The van der Waals surface area contributed by atoms with Gasteiger partial charge in [0.25, 0.3) is 11.7 Å². The van der Waals surface area contributed by atoms with Crippen molar-refractivity contribution in [2.24, 2.45) is 0 Å². The van der Waals surface area contributed by atoms with E-state index in [0.29, 0.717) is 31.0 Å². The molecule has 6 nitrogen and oxygen atoms in total. The molecule has 1 saturated heterocycles. The Morgan fingerprint density at radius 2 is 2.09 bits per heavy atom. The summed E-state index contributed by atoms with van der Waals surface area (Å²) in [5.74, 6) is -2.55. The van der Waals surface area contributed by atoms with Gasteiger partial charge >= 0.3 is 0 Å². The van der Waals surface area contributed by atoms with E-state index in [9.17, 15) is 18.8 Å². The fourth-order valence-electron chi connectivity index (χ4n) is 2.90. The predicted octanol–water partition coefficient (Wildman–Crippen LogP) is 0.760. The fraction of sp³-hybridized carbons (Fsp3) is 0.357. The highest BCUT2D eigenvalue weighted by molar-refractivity contribution is 6.57. The molecule has 2 radical (unpaired) electrons. The Balaban J connectivity index is 1.88. The molecule has 0 saturated carbocycles. The summed E-state index contributed by atoms with van der Waals surface area (Å²) in [5.41, 5.74) is 0.663. The van der Waals surface area contributed by atoms with Crippen molar-refractivity contribution in [1.82, 2.24) is 4.90 Å². The van der Waals surface area contributed by atoms with Crippen LogP contribution in [-0.4, -0.2) is 55.9 Å². The molecule has 8 heteroatoms. The highest BCUT2D eigenvalue weighted by atomic mass is 19.1. The molecule has 1 N–H and O–H groups in total. The number of ketones is 1. The van der Waals surface area contributed by atoms with Crippen molar-refractivity contribution in [1.29, 1.82) is 0 Å². The van der Waals surface area contributed by atoms with Crippen LogP contribution >= 0.6 is 0 Å². The number of Topliss-reactive ketones (excluding diaryl/α,β-unsaturated/α-hetero) is 1. The van der Waals surface area contributed by atoms with Gasteiger partial charge in [0.2, 0.25) is 7.85 Å². The average Bonchev–Trinajstić information content (AvgIpc) is 2.73. The molecule has 1 atom stereocenters. The number of piperazine rings is 1. The Bertz CT molecular complexity index is 694. The molecule has 22 heavy (non-hydrogen) atoms. The highest BCUT2D eigenvalue weighted by Gasteiger charge is 2.32. The maximum atomic E-state index is 14.3. The second kappa shape index (κ2) is 5.12. The van der Waals surface area contributed by atoms with Gasteiger partial charge in [0.15, 0.2) is 5.81 Å². The van der Waals surface area contributed by atoms with Crippen LogP contribution in [0.1, 0.15) is 17.3 Å². The summed E-state index contributed by atoms with van der Waals surface area (Å²) in [6.07, 6.45) is 0. The topological polar surface area (TPSA) is 69.7 Å². The van der Waals surface area contributed by atoms with E-state index < -0.39 is 23.3 Å². The van der Waals surface area contributed by atoms with Crippen LogP contribution in [0.15, 0.2) is 12.1 Å². The maximum absolute atomic E-state index is 14.3. The van der Waals surface area contributed by atoms with Crippen LogP contribution in [0.5, 0.6) is 0 Å². The van der Waals surface area contributed by atoms with Crippen molar-refractivity contribution in [2.45, 2.75) is 13.0 Å². The highest BCUT2D eigenvalue weighted by Crippen LogP contribution is 2.32. The van der Waals surface area contributed by atoms with Crippen molar-refractivity contribution in [3.8, 4) is 0 Å². The molecule has 1 unspecified atom stereocenters. The monoisotopic (exact) mass is 301 g/mol. The molecule has 0 bridgehead atoms. The minimum atomic E-state index is -0.751. The van der Waals surface area contributed by atoms with E-state index in [1.165, 1.54) is 11.0 Å². The zero-order chi connectivity index (χ0) is 16.0. The molecule has 112 valence electrons. The third kappa shape index (κ3) is 2.24. The van der Waals surface area contributed by atoms with E-state index in [-0.39, 0.29) is 11.6 Å². The number of hydrogen-bond acceptors (Lipinski definition) is 4. The van der Waals surface area contributed by atoms with Gasteiger partial charge in [-0.15, -0.1) is 0 Å². The Morgan fingerprint density at radius 3 is 2.73 bits per heavy atom. The zero-order valence-electron chi connectivity index (χ0n) is 11.9. The van der Waals surface area contributed by atoms with Crippen LogP contribution in [-0.2, 0) is 4.79 Å². The number of carbonyl (C=O) groups is 3. The normalized spacial score (nSPS) is 20.9. The standard InChI is InChI=1S/C14H13BFN3O3/c1-7-6-18(2-3-19(7)14(15)22)11-5-10-8(4-9(11)16)12(20)13(21)17-10/h4-5,7H,2-3,6H2,1H3,(H,17,20,21). The van der Waals surface area contributed by atoms with Crippen molar-refractivity contribution in [2.75, 3.05) is 29.9 Å². The number of nitrogens with zero attached hydrogens (tertiary/aromatic N) is 2. The second-order valence-electron chi connectivity index (χ2n) is 5.46. The van der Waals surface area contributed by atoms with E-state index in [0.717, 1.165) is 6.07 Å². The van der Waals surface area contributed by atoms with Crippen molar-refractivity contribution >= 4 is 36.7 Å². The molecule has 0 spiro atoms. The third-order valence-electron chi connectivity index (χ3n) is 4.04. The van der Waals surface area contributed by atoms with Crippen LogP contribution in [0.2, 0.25) is 0 Å². The lowest BCUT2D eigenvalue weighted by Gasteiger charge is -2.41. The molecule has 0 aromatic heterocycles. The van der Waals surface area contributed by atoms with E-state index in [2.05, 4.69) is 5.32 Å². The molecule has 2 heterocycles. The second-order valence-corrected chi connectivity index (χ2v) is 5.46. The smallest absolute Gasteiger partial charge is 0.296 e. The Morgan fingerprint density at radius 1 is 1.36 bits per heavy atom. The first-order valence-electron chi connectivity index (χ1n) is 6.88. The number of anilines is 2. The minimum absolute atomic E-state index is 0.0510. The summed E-state index contributed by atoms with van der Waals surface area (Å²) in [5, 5.41) is 2.43. The summed E-state index contributed by atoms with van der Waals surface area (Å²) < 4.78 is 14.3. The van der Waals surface area contributed by atoms with Gasteiger partial charge in [0.1, 0.15) is 5.82 Å². The molecular weight excluding hydrogens is 288 g/mol. The van der Waals surface area contributed by atoms with E-state index in [4.69, 9.17) is 7.85 Å². The predicted molar refractivity (Wildman–Crippen MR) is 78.9 cm³/mol. The first-order valence-corrected chi connectivity index (χ1v) is 6.88. The first kappa shape index (κ1) is 14.6. The molecule has 2 aliphatic rings. The summed E-state index contributed by atoms with van der Waals surface area (Å²) in [6, 6.07) is 2.38. The van der Waals surface area contributed by atoms with Gasteiger partial charge in [-0.1, -0.05) is 0 Å². The van der Waals surface area contributed by atoms with E-state index in [1.807, 2.05) is 6.92 Å². The quantitative estimate of drug-likeness (QED) is 0.614. The number of nitrogens with one attached hydrogen (secondary N) is 1. The lowest BCUT2D eigenvalue weighted by atomic mass is 10.0. The van der Waals surface area contributed by atoms with Crippen molar-refractivity contribution < 1.29 is 18.8 Å². The summed E-state index contributed by atoms with van der Waals surface area (Å²) in [6.45, 7) is 3.05. The number of hydrogen-bond donors (Lipinski definition) is 1. The maximum Gasteiger partial charge on any atom is 0.296 e. The summed E-state index contributed by atoms with van der Waals surface area (Å²) in [4.78, 5) is 37.5. The van der Waals surface area contributed by atoms with E-state index in [1.54, 1.807) is 4.90 Å². The lowest BCUT2D eigenvalue weighted by Crippen LogP contribution is -2.54. The van der Waals surface area contributed by atoms with E-state index >= 15 is 0 Å². The number of halogens is 1. The Labute approximate surface area is 127 Å². The number of fused-ring (bicyclic) bond motifs is 1. The Hall–Kier alpha value is -2.38. The molecule has 2 amide bonds. The fourth-order valence-corrected chi connectivity index (χ4v) is 2.90. The number of amides is 2. The average molecular weight is 301 g/mol. The van der Waals surface area contributed by atoms with Crippen molar-refractivity contribution in [3.05, 3.63) is 23.5 Å². The zero-order valence-corrected chi connectivity index (χ0v) is 11.9. The third-order valence-corrected chi connectivity index (χ3v) is 4.04. The van der Waals surface area contributed by atoms with Crippen LogP contribution in [0.4, 0.5) is 20.6 Å². The number of carbonyl (C=O) groups excluding carboxylic acids is 3. The van der Waals surface area contributed by atoms with Crippen LogP contribution in [0, 0.1) is 5.82 Å². The molecule has 0 aliphatic carbocycles. The van der Waals surface area contributed by atoms with Crippen LogP contribution in [0.25, 0.3) is 0 Å². The molecule has 1 aromatic carbocycles. The molecule has 1 fully saturated rings. The van der Waals surface area contributed by atoms with Gasteiger partial charge in [0.05, 0.1) is 16.9 Å². The largest absolute Gasteiger partial charge is 0.365 e. The molecule has 3 rings (SSSR count). The van der Waals surface area contributed by atoms with Crippen LogP contribution in [0.3, 0.4) is 0 Å². The van der Waals surface area contributed by atoms with Gasteiger partial charge in [-0.3, -0.25) is 14.4 Å². The number of rotatable bonds is 1. The minimum Gasteiger partial charge on any atom is -0.365 e. The molecule has 1 aromatic rings. The Kier molecular flexibility index (Phi) is 3.39. The molecular formula is C14H13BFN3O3. The lowest BCUT2D eigenvalue weighted by molar-refractivity contribution is -0.112. The number of benzene rings is 1. The molecule has 2 aliphatic heterocycles. The van der Waals surface area contributed by atoms with Gasteiger partial charge < -0.3 is 15.1 Å². The van der Waals surface area contributed by atoms with Gasteiger partial charge in [-0.2, -0.15) is 0 Å².